The minimum absolute atomic E-state index is 0.391. The molecule has 0 unspecified atom stereocenters. The second-order valence-corrected chi connectivity index (χ2v) is 7.55. The molecule has 0 amide bonds. The fourth-order valence-electron chi connectivity index (χ4n) is 2.62. The van der Waals surface area contributed by atoms with Gasteiger partial charge in [-0.05, 0) is 17.9 Å². The van der Waals surface area contributed by atoms with Gasteiger partial charge in [-0.2, -0.15) is 0 Å². The normalized spacial score (nSPS) is 11.5. The number of thioether (sulfide) groups is 1. The number of benzene rings is 1. The first kappa shape index (κ1) is 17.5. The van der Waals surface area contributed by atoms with E-state index in [1.54, 1.807) is 18.8 Å². The van der Waals surface area contributed by atoms with E-state index in [0.717, 1.165) is 22.9 Å². The molecule has 7 heteroatoms. The largest absolute Gasteiger partial charge is 0.329 e. The van der Waals surface area contributed by atoms with Gasteiger partial charge in [0.15, 0.2) is 16.3 Å². The Balaban J connectivity index is 2.11. The van der Waals surface area contributed by atoms with Gasteiger partial charge >= 0.3 is 5.69 Å². The highest BCUT2D eigenvalue weighted by atomic mass is 32.2. The molecule has 0 bridgehead atoms. The van der Waals surface area contributed by atoms with Crippen LogP contribution in [0.25, 0.3) is 11.2 Å². The van der Waals surface area contributed by atoms with Gasteiger partial charge in [0.2, 0.25) is 0 Å². The van der Waals surface area contributed by atoms with Crippen LogP contribution in [0, 0.1) is 5.92 Å². The van der Waals surface area contributed by atoms with Crippen molar-refractivity contribution in [2.45, 2.75) is 32.0 Å². The van der Waals surface area contributed by atoms with E-state index in [-0.39, 0.29) is 0 Å². The summed E-state index contributed by atoms with van der Waals surface area (Å²) < 4.78 is 3.30. The summed E-state index contributed by atoms with van der Waals surface area (Å²) >= 11 is 1.63. The van der Waals surface area contributed by atoms with Gasteiger partial charge in [-0.1, -0.05) is 55.9 Å². The zero-order valence-corrected chi connectivity index (χ0v) is 15.5. The molecule has 132 valence electrons. The smallest absolute Gasteiger partial charge is 0.309 e. The van der Waals surface area contributed by atoms with Gasteiger partial charge in [0.1, 0.15) is 0 Å². The minimum Gasteiger partial charge on any atom is -0.309 e. The van der Waals surface area contributed by atoms with Crippen LogP contribution in [-0.2, 0) is 13.6 Å². The van der Waals surface area contributed by atoms with Crippen LogP contribution < -0.4 is 11.2 Å². The number of fused-ring (bicyclic) bond motifs is 1. The Morgan fingerprint density at radius 2 is 1.92 bits per heavy atom. The van der Waals surface area contributed by atoms with Crippen LogP contribution in [0.4, 0.5) is 0 Å². The maximum atomic E-state index is 12.4. The van der Waals surface area contributed by atoms with E-state index in [9.17, 15) is 9.59 Å². The lowest BCUT2D eigenvalue weighted by atomic mass is 10.2. The number of nitrogens with one attached hydrogen (secondary N) is 1. The van der Waals surface area contributed by atoms with Gasteiger partial charge in [0, 0.05) is 12.8 Å². The Bertz CT molecular complexity index is 986. The molecule has 1 aromatic carbocycles. The summed E-state index contributed by atoms with van der Waals surface area (Å²) in [6.07, 6.45) is 1.06. The van der Waals surface area contributed by atoms with Crippen LogP contribution in [0.15, 0.2) is 45.1 Å². The van der Waals surface area contributed by atoms with E-state index in [2.05, 4.69) is 23.8 Å². The number of hydrogen-bond donors (Lipinski definition) is 1. The molecule has 3 aromatic rings. The fraction of sp³-hybridized carbons (Fsp3) is 0.389. The van der Waals surface area contributed by atoms with Crippen molar-refractivity contribution in [3.05, 3.63) is 56.7 Å². The molecule has 0 radical (unpaired) electrons. The molecule has 0 aliphatic heterocycles. The van der Waals surface area contributed by atoms with E-state index in [1.165, 1.54) is 4.57 Å². The highest BCUT2D eigenvalue weighted by Crippen LogP contribution is 2.24. The lowest BCUT2D eigenvalue weighted by Gasteiger charge is -2.09. The number of aromatic amines is 1. The van der Waals surface area contributed by atoms with Crippen LogP contribution in [-0.4, -0.2) is 24.9 Å². The topological polar surface area (TPSA) is 72.7 Å². The molecule has 0 fully saturated rings. The van der Waals surface area contributed by atoms with Crippen LogP contribution >= 0.6 is 11.8 Å². The summed E-state index contributed by atoms with van der Waals surface area (Å²) in [7, 11) is 1.63. The molecule has 3 rings (SSSR count). The summed E-state index contributed by atoms with van der Waals surface area (Å²) in [5.74, 6) is 1.52. The molecule has 6 nitrogen and oxygen atoms in total. The molecule has 0 saturated heterocycles. The summed E-state index contributed by atoms with van der Waals surface area (Å²) in [4.78, 5) is 31.3. The third-order valence-electron chi connectivity index (χ3n) is 4.08. The third kappa shape index (κ3) is 3.71. The second kappa shape index (κ2) is 7.31. The first-order chi connectivity index (χ1) is 12.0. The van der Waals surface area contributed by atoms with Gasteiger partial charge in [-0.15, -0.1) is 0 Å². The van der Waals surface area contributed by atoms with Gasteiger partial charge in [-0.3, -0.25) is 14.3 Å². The molecule has 0 spiro atoms. The first-order valence-corrected chi connectivity index (χ1v) is 9.32. The number of imidazole rings is 1. The second-order valence-electron chi connectivity index (χ2n) is 6.49. The van der Waals surface area contributed by atoms with Crippen molar-refractivity contribution >= 4 is 22.9 Å². The Labute approximate surface area is 149 Å². The van der Waals surface area contributed by atoms with Crippen LogP contribution in [0.1, 0.15) is 25.8 Å². The van der Waals surface area contributed by atoms with E-state index in [0.29, 0.717) is 23.6 Å². The maximum absolute atomic E-state index is 12.4. The van der Waals surface area contributed by atoms with Crippen molar-refractivity contribution < 1.29 is 0 Å². The summed E-state index contributed by atoms with van der Waals surface area (Å²) in [6.45, 7) is 4.91. The molecule has 25 heavy (non-hydrogen) atoms. The lowest BCUT2D eigenvalue weighted by molar-refractivity contribution is 0.630. The maximum Gasteiger partial charge on any atom is 0.329 e. The quantitative estimate of drug-likeness (QED) is 0.688. The summed E-state index contributed by atoms with van der Waals surface area (Å²) in [5, 5.41) is 0.770. The standard InChI is InChI=1S/C18H22N4O2S/c1-12(2)9-10-25-18-19-15-14(16(23)20-17(24)21(15)3)22(18)11-13-7-5-4-6-8-13/h4-8,12H,9-11H2,1-3H3,(H,20,23,24). The van der Waals surface area contributed by atoms with E-state index in [1.807, 2.05) is 34.9 Å². The number of aryl methyl sites for hydroxylation is 1. The van der Waals surface area contributed by atoms with Gasteiger partial charge < -0.3 is 4.57 Å². The number of hydrogen-bond acceptors (Lipinski definition) is 4. The SMILES string of the molecule is CC(C)CCSc1nc2c(c(=O)[nH]c(=O)n2C)n1Cc1ccccc1. The average Bonchev–Trinajstić information content (AvgIpc) is 2.92. The molecule has 0 atom stereocenters. The fourth-order valence-corrected chi connectivity index (χ4v) is 3.86. The Morgan fingerprint density at radius 3 is 2.60 bits per heavy atom. The van der Waals surface area contributed by atoms with Gasteiger partial charge in [0.25, 0.3) is 5.56 Å². The van der Waals surface area contributed by atoms with Crippen molar-refractivity contribution in [2.75, 3.05) is 5.75 Å². The minimum atomic E-state index is -0.444. The van der Waals surface area contributed by atoms with Crippen molar-refractivity contribution in [3.8, 4) is 0 Å². The number of nitrogens with zero attached hydrogens (tertiary/aromatic N) is 3. The monoisotopic (exact) mass is 358 g/mol. The van der Waals surface area contributed by atoms with Crippen LogP contribution in [0.5, 0.6) is 0 Å². The van der Waals surface area contributed by atoms with Crippen LogP contribution in [0.3, 0.4) is 0 Å². The molecule has 2 aromatic heterocycles. The molecule has 0 saturated carbocycles. The molecule has 0 aliphatic rings. The predicted octanol–water partition coefficient (Wildman–Crippen LogP) is 2.61. The summed E-state index contributed by atoms with van der Waals surface area (Å²) in [5.41, 5.74) is 1.12. The van der Waals surface area contributed by atoms with Crippen molar-refractivity contribution in [1.29, 1.82) is 0 Å². The van der Waals surface area contributed by atoms with Gasteiger partial charge in [0.05, 0.1) is 6.54 Å². The zero-order valence-electron chi connectivity index (χ0n) is 14.7. The Hall–Kier alpha value is -2.28. The average molecular weight is 358 g/mol. The first-order valence-electron chi connectivity index (χ1n) is 8.33. The van der Waals surface area contributed by atoms with Crippen LogP contribution in [0.2, 0.25) is 0 Å². The number of rotatable bonds is 6. The van der Waals surface area contributed by atoms with Crippen molar-refractivity contribution in [1.82, 2.24) is 19.1 Å². The number of H-pyrrole nitrogens is 1. The zero-order chi connectivity index (χ0) is 18.0. The van der Waals surface area contributed by atoms with E-state index in [4.69, 9.17) is 0 Å². The highest BCUT2D eigenvalue weighted by Gasteiger charge is 2.18. The molecular formula is C18H22N4O2S. The molecule has 0 aliphatic carbocycles. The van der Waals surface area contributed by atoms with E-state index < -0.39 is 11.2 Å². The third-order valence-corrected chi connectivity index (χ3v) is 5.09. The van der Waals surface area contributed by atoms with Crippen molar-refractivity contribution in [2.24, 2.45) is 13.0 Å². The summed E-state index contributed by atoms with van der Waals surface area (Å²) in [6, 6.07) is 9.94. The Morgan fingerprint density at radius 1 is 1.20 bits per heavy atom. The van der Waals surface area contributed by atoms with E-state index >= 15 is 0 Å². The molecule has 2 heterocycles. The van der Waals surface area contributed by atoms with Crippen molar-refractivity contribution in [3.63, 3.8) is 0 Å². The lowest BCUT2D eigenvalue weighted by Crippen LogP contribution is -2.29. The Kier molecular flexibility index (Phi) is 5.13. The molecular weight excluding hydrogens is 336 g/mol. The predicted molar refractivity (Wildman–Crippen MR) is 101 cm³/mol. The molecule has 1 N–H and O–H groups in total. The van der Waals surface area contributed by atoms with Gasteiger partial charge in [-0.25, -0.2) is 9.78 Å². The number of aromatic nitrogens is 4. The highest BCUT2D eigenvalue weighted by molar-refractivity contribution is 7.99.